The van der Waals surface area contributed by atoms with Crippen LogP contribution in [0.5, 0.6) is 0 Å². The predicted octanol–water partition coefficient (Wildman–Crippen LogP) is -1.72. The summed E-state index contributed by atoms with van der Waals surface area (Å²) < 4.78 is 0. The van der Waals surface area contributed by atoms with Gasteiger partial charge in [-0.3, -0.25) is 0 Å². The highest BCUT2D eigenvalue weighted by Crippen LogP contribution is 1.91. The molecule has 0 unspecified atom stereocenters. The van der Waals surface area contributed by atoms with E-state index in [1.165, 1.54) is 11.8 Å². The van der Waals surface area contributed by atoms with Crippen molar-refractivity contribution < 1.29 is 15.5 Å². The highest BCUT2D eigenvalue weighted by atomic mass is 16.8. The molecular formula is C5H10N2O2. The summed E-state index contributed by atoms with van der Waals surface area (Å²) >= 11 is 0. The smallest absolute Gasteiger partial charge is 0.130 e. The summed E-state index contributed by atoms with van der Waals surface area (Å²) in [7, 11) is 0. The van der Waals surface area contributed by atoms with Crippen LogP contribution in [-0.4, -0.2) is 11.6 Å². The van der Waals surface area contributed by atoms with Crippen LogP contribution in [-0.2, 0) is 4.84 Å². The first-order valence-electron chi connectivity index (χ1n) is 2.97. The molecule has 2 N–H and O–H groups in total. The lowest BCUT2D eigenvalue weighted by Crippen LogP contribution is -2.89. The maximum absolute atomic E-state index is 10.4. The average Bonchev–Trinajstić information content (AvgIpc) is 2.17. The summed E-state index contributed by atoms with van der Waals surface area (Å²) in [5, 5.41) is 12.1. The molecule has 1 aliphatic rings. The largest absolute Gasteiger partial charge is 0.540 e. The summed E-state index contributed by atoms with van der Waals surface area (Å²) in [6.07, 6.45) is 2.47. The Morgan fingerprint density at radius 3 is 3.11 bits per heavy atom. The second kappa shape index (κ2) is 2.59. The van der Waals surface area contributed by atoms with E-state index in [1.807, 2.05) is 6.92 Å². The van der Waals surface area contributed by atoms with E-state index in [0.29, 0.717) is 0 Å². The molecule has 0 amide bonds. The van der Waals surface area contributed by atoms with Crippen molar-refractivity contribution in [1.82, 2.24) is 5.01 Å². The van der Waals surface area contributed by atoms with Crippen molar-refractivity contribution in [1.29, 1.82) is 0 Å². The lowest BCUT2D eigenvalue weighted by atomic mass is 10.5. The molecule has 0 aromatic carbocycles. The quantitative estimate of drug-likeness (QED) is 0.452. The Labute approximate surface area is 53.6 Å². The van der Waals surface area contributed by atoms with Crippen molar-refractivity contribution >= 4 is 0 Å². The Morgan fingerprint density at radius 1 is 1.89 bits per heavy atom. The lowest BCUT2D eigenvalue weighted by molar-refractivity contribution is -0.979. The Bertz CT molecular complexity index is 124. The van der Waals surface area contributed by atoms with Crippen LogP contribution >= 0.6 is 0 Å². The van der Waals surface area contributed by atoms with Crippen LogP contribution < -0.4 is 10.7 Å². The molecule has 1 heterocycles. The number of hydrogen-bond acceptors (Lipinski definition) is 3. The fourth-order valence-corrected chi connectivity index (χ4v) is 0.691. The highest BCUT2D eigenvalue weighted by Gasteiger charge is 2.05. The van der Waals surface area contributed by atoms with Gasteiger partial charge in [0.2, 0.25) is 0 Å². The third kappa shape index (κ3) is 1.50. The van der Waals surface area contributed by atoms with Gasteiger partial charge in [-0.05, 0) is 6.42 Å². The van der Waals surface area contributed by atoms with E-state index in [0.717, 1.165) is 13.0 Å². The Balaban J connectivity index is 2.29. The molecule has 0 aromatic heterocycles. The van der Waals surface area contributed by atoms with Gasteiger partial charge >= 0.3 is 0 Å². The van der Waals surface area contributed by atoms with Crippen LogP contribution in [0.2, 0.25) is 0 Å². The number of hydrogen-bond donors (Lipinski definition) is 1. The minimum absolute atomic E-state index is 0.275. The SMILES string of the molecule is CCCN1C=C([O-])O[NH2+]1. The second-order valence-electron chi connectivity index (χ2n) is 1.91. The Kier molecular flexibility index (Phi) is 1.79. The van der Waals surface area contributed by atoms with Gasteiger partial charge in [0, 0.05) is 0 Å². The van der Waals surface area contributed by atoms with E-state index in [9.17, 15) is 5.11 Å². The van der Waals surface area contributed by atoms with Gasteiger partial charge in [0.1, 0.15) is 5.95 Å². The topological polar surface area (TPSA) is 52.1 Å². The Hall–Kier alpha value is -0.900. The van der Waals surface area contributed by atoms with Crippen molar-refractivity contribution in [2.45, 2.75) is 13.3 Å². The van der Waals surface area contributed by atoms with Crippen LogP contribution in [0, 0.1) is 0 Å². The summed E-state index contributed by atoms with van der Waals surface area (Å²) in [6, 6.07) is 0. The van der Waals surface area contributed by atoms with E-state index in [2.05, 4.69) is 4.84 Å². The van der Waals surface area contributed by atoms with Gasteiger partial charge in [-0.1, -0.05) is 6.92 Å². The molecule has 0 radical (unpaired) electrons. The summed E-state index contributed by atoms with van der Waals surface area (Å²) in [4.78, 5) is 4.52. The van der Waals surface area contributed by atoms with Gasteiger partial charge in [-0.15, -0.1) is 5.59 Å². The molecule has 9 heavy (non-hydrogen) atoms. The van der Waals surface area contributed by atoms with E-state index in [1.54, 1.807) is 5.01 Å². The fourth-order valence-electron chi connectivity index (χ4n) is 0.691. The van der Waals surface area contributed by atoms with Crippen LogP contribution in [0.4, 0.5) is 0 Å². The van der Waals surface area contributed by atoms with Crippen LogP contribution in [0.25, 0.3) is 0 Å². The molecule has 0 saturated carbocycles. The predicted molar refractivity (Wildman–Crippen MR) is 28.1 cm³/mol. The minimum Gasteiger partial charge on any atom is -0.540 e. The first kappa shape index (κ1) is 6.22. The molecule has 0 aromatic rings. The van der Waals surface area contributed by atoms with Gasteiger partial charge < -0.3 is 9.94 Å². The lowest BCUT2D eigenvalue weighted by Gasteiger charge is -2.09. The Morgan fingerprint density at radius 2 is 2.67 bits per heavy atom. The molecule has 4 nitrogen and oxygen atoms in total. The molecule has 0 fully saturated rings. The number of nitrogens with two attached hydrogens (primary N) is 1. The molecule has 0 bridgehead atoms. The van der Waals surface area contributed by atoms with Gasteiger partial charge in [-0.2, -0.15) is 0 Å². The molecule has 1 rings (SSSR count). The zero-order valence-electron chi connectivity index (χ0n) is 5.33. The molecule has 0 atom stereocenters. The zero-order valence-corrected chi connectivity index (χ0v) is 5.33. The number of nitrogens with zero attached hydrogens (tertiary/aromatic N) is 1. The van der Waals surface area contributed by atoms with Crippen LogP contribution in [0.15, 0.2) is 12.1 Å². The third-order valence-corrected chi connectivity index (χ3v) is 1.06. The first-order chi connectivity index (χ1) is 4.33. The summed E-state index contributed by atoms with van der Waals surface area (Å²) in [5.41, 5.74) is 1.44. The molecule has 0 aliphatic carbocycles. The van der Waals surface area contributed by atoms with Crippen molar-refractivity contribution in [3.8, 4) is 0 Å². The maximum Gasteiger partial charge on any atom is 0.130 e. The standard InChI is InChI=1S/C5H10N2O2/c1-2-3-7-4-5(8)9-6-7/h4,6,8H,2-3H2,1H3. The summed E-state index contributed by atoms with van der Waals surface area (Å²) in [5.74, 6) is -0.275. The minimum atomic E-state index is -0.275. The van der Waals surface area contributed by atoms with Crippen molar-refractivity contribution in [2.75, 3.05) is 6.54 Å². The molecular weight excluding hydrogens is 120 g/mol. The highest BCUT2D eigenvalue weighted by molar-refractivity contribution is 4.75. The fraction of sp³-hybridized carbons (Fsp3) is 0.600. The normalized spacial score (nSPS) is 17.4. The van der Waals surface area contributed by atoms with Crippen molar-refractivity contribution in [3.05, 3.63) is 12.1 Å². The van der Waals surface area contributed by atoms with Gasteiger partial charge in [0.25, 0.3) is 0 Å². The molecule has 0 saturated heterocycles. The molecule has 4 heteroatoms. The third-order valence-electron chi connectivity index (χ3n) is 1.06. The molecule has 1 aliphatic heterocycles. The van der Waals surface area contributed by atoms with E-state index < -0.39 is 0 Å². The van der Waals surface area contributed by atoms with Gasteiger partial charge in [-0.25, -0.2) is 5.01 Å². The van der Waals surface area contributed by atoms with Gasteiger partial charge in [0.05, 0.1) is 12.7 Å². The van der Waals surface area contributed by atoms with E-state index in [-0.39, 0.29) is 5.95 Å². The first-order valence-corrected chi connectivity index (χ1v) is 2.97. The van der Waals surface area contributed by atoms with Crippen LogP contribution in [0.3, 0.4) is 0 Å². The van der Waals surface area contributed by atoms with Crippen molar-refractivity contribution in [3.63, 3.8) is 0 Å². The molecule has 0 spiro atoms. The van der Waals surface area contributed by atoms with Gasteiger partial charge in [0.15, 0.2) is 0 Å². The zero-order chi connectivity index (χ0) is 6.69. The van der Waals surface area contributed by atoms with E-state index in [4.69, 9.17) is 0 Å². The van der Waals surface area contributed by atoms with Crippen molar-refractivity contribution in [2.24, 2.45) is 0 Å². The number of rotatable bonds is 2. The maximum atomic E-state index is 10.4. The monoisotopic (exact) mass is 130 g/mol. The number of quaternary nitrogens is 1. The average molecular weight is 130 g/mol. The second-order valence-corrected chi connectivity index (χ2v) is 1.91. The summed E-state index contributed by atoms with van der Waals surface area (Å²) in [6.45, 7) is 2.90. The van der Waals surface area contributed by atoms with E-state index >= 15 is 0 Å². The van der Waals surface area contributed by atoms with Crippen LogP contribution in [0.1, 0.15) is 13.3 Å². The molecule has 52 valence electrons.